The Morgan fingerprint density at radius 2 is 1.73 bits per heavy atom. The van der Waals surface area contributed by atoms with Gasteiger partial charge in [0.05, 0.1) is 31.0 Å². The minimum absolute atomic E-state index is 0.00233. The molecule has 1 amide bonds. The molecule has 0 aliphatic carbocycles. The summed E-state index contributed by atoms with van der Waals surface area (Å²) in [6.07, 6.45) is 1.32. The Bertz CT molecular complexity index is 1230. The van der Waals surface area contributed by atoms with E-state index in [-0.39, 0.29) is 16.3 Å². The number of carbonyl (C=O) groups is 1. The lowest BCUT2D eigenvalue weighted by Gasteiger charge is -2.25. The summed E-state index contributed by atoms with van der Waals surface area (Å²) < 4.78 is 51.4. The van der Waals surface area contributed by atoms with Crippen molar-refractivity contribution in [1.29, 1.82) is 0 Å². The zero-order valence-electron chi connectivity index (χ0n) is 17.9. The van der Waals surface area contributed by atoms with E-state index in [1.54, 1.807) is 30.3 Å². The maximum Gasteiger partial charge on any atom is 0.264 e. The zero-order valence-corrected chi connectivity index (χ0v) is 18.8. The Labute approximate surface area is 191 Å². The van der Waals surface area contributed by atoms with Crippen molar-refractivity contribution in [2.24, 2.45) is 5.10 Å². The summed E-state index contributed by atoms with van der Waals surface area (Å²) in [5.41, 5.74) is 2.97. The van der Waals surface area contributed by atoms with Gasteiger partial charge in [-0.2, -0.15) is 5.10 Å². The molecule has 0 aliphatic heterocycles. The highest BCUT2D eigenvalue weighted by Crippen LogP contribution is 2.35. The molecule has 0 fully saturated rings. The molecule has 0 spiro atoms. The third-order valence-electron chi connectivity index (χ3n) is 4.55. The average Bonchev–Trinajstić information content (AvgIpc) is 2.84. The molecule has 3 aromatic rings. The van der Waals surface area contributed by atoms with Crippen LogP contribution in [0.1, 0.15) is 5.56 Å². The topological polar surface area (TPSA) is 97.3 Å². The van der Waals surface area contributed by atoms with Crippen LogP contribution in [0.2, 0.25) is 0 Å². The number of methoxy groups -OCH3 is 2. The summed E-state index contributed by atoms with van der Waals surface area (Å²) in [5.74, 6) is -0.477. The normalized spacial score (nSPS) is 11.2. The van der Waals surface area contributed by atoms with Crippen LogP contribution in [0.3, 0.4) is 0 Å². The van der Waals surface area contributed by atoms with E-state index in [2.05, 4.69) is 10.5 Å². The largest absolute Gasteiger partial charge is 0.497 e. The van der Waals surface area contributed by atoms with Crippen LogP contribution < -0.4 is 19.2 Å². The summed E-state index contributed by atoms with van der Waals surface area (Å²) in [4.78, 5) is 12.6. The van der Waals surface area contributed by atoms with Crippen molar-refractivity contribution in [2.75, 3.05) is 25.1 Å². The molecule has 3 aromatic carbocycles. The van der Waals surface area contributed by atoms with Crippen molar-refractivity contribution in [2.45, 2.75) is 4.90 Å². The van der Waals surface area contributed by atoms with Crippen molar-refractivity contribution < 1.29 is 27.1 Å². The molecule has 0 heterocycles. The second-order valence-corrected chi connectivity index (χ2v) is 8.57. The number of carbonyl (C=O) groups excluding carboxylic acids is 1. The van der Waals surface area contributed by atoms with Gasteiger partial charge in [0.2, 0.25) is 0 Å². The number of halogens is 1. The number of nitrogens with one attached hydrogen (secondary N) is 1. The second-order valence-electron chi connectivity index (χ2n) is 6.71. The van der Waals surface area contributed by atoms with Crippen LogP contribution in [-0.2, 0) is 14.8 Å². The van der Waals surface area contributed by atoms with Gasteiger partial charge < -0.3 is 9.47 Å². The van der Waals surface area contributed by atoms with Gasteiger partial charge in [-0.05, 0) is 42.0 Å². The van der Waals surface area contributed by atoms with Crippen molar-refractivity contribution in [1.82, 2.24) is 5.43 Å². The van der Waals surface area contributed by atoms with E-state index in [1.807, 2.05) is 0 Å². The fourth-order valence-electron chi connectivity index (χ4n) is 2.90. The first-order valence-electron chi connectivity index (χ1n) is 9.72. The number of hydrogen-bond acceptors (Lipinski definition) is 6. The molecule has 172 valence electrons. The van der Waals surface area contributed by atoms with E-state index in [0.717, 1.165) is 4.31 Å². The van der Waals surface area contributed by atoms with Crippen LogP contribution in [0, 0.1) is 5.82 Å². The predicted octanol–water partition coefficient (Wildman–Crippen LogP) is 3.19. The van der Waals surface area contributed by atoms with E-state index in [0.29, 0.717) is 11.3 Å². The molecule has 0 unspecified atom stereocenters. The lowest BCUT2D eigenvalue weighted by atomic mass is 10.2. The molecule has 1 N–H and O–H groups in total. The highest BCUT2D eigenvalue weighted by atomic mass is 32.2. The van der Waals surface area contributed by atoms with Crippen LogP contribution in [0.5, 0.6) is 11.5 Å². The van der Waals surface area contributed by atoms with E-state index in [4.69, 9.17) is 9.47 Å². The molecule has 0 saturated heterocycles. The molecule has 0 saturated carbocycles. The standard InChI is InChI=1S/C23H22FN3O5S/c1-31-19-12-13-22(32-2)21(14-19)27(33(29,30)20-6-4-3-5-7-20)16-23(28)26-25-15-17-8-10-18(24)11-9-17/h3-15H,16H2,1-2H3,(H,26,28)/b25-15-. The molecule has 0 atom stereocenters. The van der Waals surface area contributed by atoms with Crippen LogP contribution >= 0.6 is 0 Å². The minimum Gasteiger partial charge on any atom is -0.497 e. The SMILES string of the molecule is COc1ccc(OC)c(N(CC(=O)N/N=C\c2ccc(F)cc2)S(=O)(=O)c2ccccc2)c1. The minimum atomic E-state index is -4.15. The predicted molar refractivity (Wildman–Crippen MR) is 123 cm³/mol. The van der Waals surface area contributed by atoms with Gasteiger partial charge in [0.15, 0.2) is 0 Å². The maximum atomic E-state index is 13.4. The Hall–Kier alpha value is -3.92. The van der Waals surface area contributed by atoms with E-state index in [1.165, 1.54) is 62.9 Å². The quantitative estimate of drug-likeness (QED) is 0.382. The number of hydrazone groups is 1. The summed E-state index contributed by atoms with van der Waals surface area (Å²) in [6.45, 7) is -0.582. The highest BCUT2D eigenvalue weighted by Gasteiger charge is 2.29. The van der Waals surface area contributed by atoms with Gasteiger partial charge in [0, 0.05) is 6.07 Å². The van der Waals surface area contributed by atoms with Crippen LogP contribution in [0.4, 0.5) is 10.1 Å². The number of benzene rings is 3. The first-order chi connectivity index (χ1) is 15.8. The van der Waals surface area contributed by atoms with Gasteiger partial charge in [-0.25, -0.2) is 18.2 Å². The molecule has 0 radical (unpaired) electrons. The first kappa shape index (κ1) is 23.7. The molecular formula is C23H22FN3O5S. The number of sulfonamides is 1. The average molecular weight is 472 g/mol. The van der Waals surface area contributed by atoms with Crippen molar-refractivity contribution >= 4 is 27.8 Å². The highest BCUT2D eigenvalue weighted by molar-refractivity contribution is 7.92. The lowest BCUT2D eigenvalue weighted by molar-refractivity contribution is -0.119. The third kappa shape index (κ3) is 5.86. The number of rotatable bonds is 9. The summed E-state index contributed by atoms with van der Waals surface area (Å²) >= 11 is 0. The van der Waals surface area contributed by atoms with E-state index in [9.17, 15) is 17.6 Å². The Balaban J connectivity index is 1.92. The fourth-order valence-corrected chi connectivity index (χ4v) is 4.35. The van der Waals surface area contributed by atoms with Gasteiger partial charge in [0.25, 0.3) is 15.9 Å². The third-order valence-corrected chi connectivity index (χ3v) is 6.32. The van der Waals surface area contributed by atoms with Crippen LogP contribution in [-0.4, -0.2) is 41.3 Å². The molecule has 0 aromatic heterocycles. The molecule has 33 heavy (non-hydrogen) atoms. The summed E-state index contributed by atoms with van der Waals surface area (Å²) in [5, 5.41) is 3.82. The van der Waals surface area contributed by atoms with E-state index < -0.39 is 28.3 Å². The van der Waals surface area contributed by atoms with Crippen LogP contribution in [0.25, 0.3) is 0 Å². The van der Waals surface area contributed by atoms with Gasteiger partial charge in [-0.15, -0.1) is 0 Å². The number of ether oxygens (including phenoxy) is 2. The Morgan fingerprint density at radius 1 is 1.03 bits per heavy atom. The zero-order chi connectivity index (χ0) is 23.8. The Kier molecular flexibility index (Phi) is 7.62. The van der Waals surface area contributed by atoms with E-state index >= 15 is 0 Å². The van der Waals surface area contributed by atoms with Gasteiger partial charge >= 0.3 is 0 Å². The van der Waals surface area contributed by atoms with Gasteiger partial charge in [-0.3, -0.25) is 9.10 Å². The second kappa shape index (κ2) is 10.6. The van der Waals surface area contributed by atoms with Crippen molar-refractivity contribution in [3.63, 3.8) is 0 Å². The summed E-state index contributed by atoms with van der Waals surface area (Å²) in [7, 11) is -1.31. The van der Waals surface area contributed by atoms with Crippen molar-refractivity contribution in [3.05, 3.63) is 84.2 Å². The smallest absolute Gasteiger partial charge is 0.264 e. The van der Waals surface area contributed by atoms with Crippen LogP contribution in [0.15, 0.2) is 82.8 Å². The molecule has 8 nitrogen and oxygen atoms in total. The Morgan fingerprint density at radius 3 is 2.36 bits per heavy atom. The number of anilines is 1. The van der Waals surface area contributed by atoms with Gasteiger partial charge in [0.1, 0.15) is 23.9 Å². The molecule has 10 heteroatoms. The number of nitrogens with zero attached hydrogens (tertiary/aromatic N) is 2. The molecule has 0 bridgehead atoms. The fraction of sp³-hybridized carbons (Fsp3) is 0.130. The molecular weight excluding hydrogens is 449 g/mol. The van der Waals surface area contributed by atoms with Gasteiger partial charge in [-0.1, -0.05) is 30.3 Å². The number of hydrogen-bond donors (Lipinski definition) is 1. The maximum absolute atomic E-state index is 13.4. The monoisotopic (exact) mass is 471 g/mol. The van der Waals surface area contributed by atoms with Crippen molar-refractivity contribution in [3.8, 4) is 11.5 Å². The summed E-state index contributed by atoms with van der Waals surface area (Å²) in [6, 6.07) is 17.8. The molecule has 3 rings (SSSR count). The number of amides is 1. The molecule has 0 aliphatic rings. The lowest BCUT2D eigenvalue weighted by Crippen LogP contribution is -2.39. The first-order valence-corrected chi connectivity index (χ1v) is 11.2.